The highest BCUT2D eigenvalue weighted by Gasteiger charge is 2.21. The number of nitrogens with zero attached hydrogens (tertiary/aromatic N) is 1. The topological polar surface area (TPSA) is 50.5 Å². The van der Waals surface area contributed by atoms with Crippen molar-refractivity contribution in [1.29, 1.82) is 0 Å². The summed E-state index contributed by atoms with van der Waals surface area (Å²) in [4.78, 5) is 4.30. The van der Waals surface area contributed by atoms with Gasteiger partial charge in [-0.3, -0.25) is 0 Å². The Morgan fingerprint density at radius 2 is 1.86 bits per heavy atom. The van der Waals surface area contributed by atoms with Crippen LogP contribution in [0.1, 0.15) is 0 Å². The van der Waals surface area contributed by atoms with Gasteiger partial charge >= 0.3 is 0 Å². The van der Waals surface area contributed by atoms with E-state index in [0.717, 1.165) is 22.0 Å². The van der Waals surface area contributed by atoms with Gasteiger partial charge in [0.15, 0.2) is 5.75 Å². The molecule has 0 aliphatic carbocycles. The molecule has 0 fully saturated rings. The van der Waals surface area contributed by atoms with E-state index in [0.29, 0.717) is 5.69 Å². The van der Waals surface area contributed by atoms with Crippen LogP contribution in [0.3, 0.4) is 0 Å². The van der Waals surface area contributed by atoms with Gasteiger partial charge in [-0.2, -0.15) is 0 Å². The van der Waals surface area contributed by atoms with Gasteiger partial charge in [0.25, 0.3) is 0 Å². The lowest BCUT2D eigenvalue weighted by Crippen LogP contribution is -2.09. The van der Waals surface area contributed by atoms with Gasteiger partial charge in [-0.25, -0.2) is 0 Å². The number of hydrogen-bond acceptors (Lipinski definition) is 5. The maximum absolute atomic E-state index is 5.98. The summed E-state index contributed by atoms with van der Waals surface area (Å²) in [6, 6.07) is 10.2. The van der Waals surface area contributed by atoms with Crippen LogP contribution in [-0.4, -0.2) is 21.2 Å². The van der Waals surface area contributed by atoms with Crippen LogP contribution in [0.25, 0.3) is 0 Å². The fourth-order valence-corrected chi connectivity index (χ4v) is 3.37. The van der Waals surface area contributed by atoms with Gasteiger partial charge in [0, 0.05) is 24.7 Å². The van der Waals surface area contributed by atoms with E-state index in [-0.39, 0.29) is 12.4 Å². The number of fused-ring (bicyclic) bond motifs is 2. The molecular weight excluding hydrogens is 306 g/mol. The zero-order valence-electron chi connectivity index (χ0n) is 12.1. The highest BCUT2D eigenvalue weighted by Crippen LogP contribution is 2.50. The number of ether oxygens (including phenoxy) is 1. The van der Waals surface area contributed by atoms with Gasteiger partial charge in [0.1, 0.15) is 0 Å². The third kappa shape index (κ3) is 2.71. The fraction of sp³-hybridized carbons (Fsp3) is 0.200. The van der Waals surface area contributed by atoms with E-state index < -0.39 is 0 Å². The molecule has 3 N–H and O–H groups in total. The number of hydrogen-bond donors (Lipinski definition) is 2. The Morgan fingerprint density at radius 3 is 2.52 bits per heavy atom. The number of methoxy groups -OCH3 is 1. The van der Waals surface area contributed by atoms with Crippen molar-refractivity contribution in [3.63, 3.8) is 0 Å². The summed E-state index contributed by atoms with van der Waals surface area (Å²) in [5.74, 6) is 0.737. The second kappa shape index (κ2) is 5.95. The molecule has 112 valence electrons. The quantitative estimate of drug-likeness (QED) is 0.699. The summed E-state index contributed by atoms with van der Waals surface area (Å²) in [7, 11) is 5.72. The Balaban J connectivity index is 0.00000161. The zero-order chi connectivity index (χ0) is 14.3. The molecule has 1 heterocycles. The zero-order valence-corrected chi connectivity index (χ0v) is 13.8. The molecule has 6 heteroatoms. The maximum Gasteiger partial charge on any atom is 0.157 e. The second-order valence-corrected chi connectivity index (χ2v) is 5.92. The molecule has 0 bridgehead atoms. The average Bonchev–Trinajstić information content (AvgIpc) is 2.44. The number of rotatable bonds is 2. The smallest absolute Gasteiger partial charge is 0.157 e. The van der Waals surface area contributed by atoms with Gasteiger partial charge in [-0.1, -0.05) is 11.8 Å². The van der Waals surface area contributed by atoms with Crippen molar-refractivity contribution in [3.05, 3.63) is 30.3 Å². The van der Waals surface area contributed by atoms with Gasteiger partial charge in [-0.05, 0) is 30.3 Å². The molecule has 0 spiro atoms. The molecule has 21 heavy (non-hydrogen) atoms. The molecule has 0 aromatic heterocycles. The first kappa shape index (κ1) is 15.7. The molecule has 3 rings (SSSR count). The molecule has 0 radical (unpaired) electrons. The van der Waals surface area contributed by atoms with E-state index in [1.54, 1.807) is 18.9 Å². The van der Waals surface area contributed by atoms with E-state index >= 15 is 0 Å². The molecule has 2 aromatic rings. The molecule has 0 amide bonds. The molecule has 0 atom stereocenters. The number of nitrogens with one attached hydrogen (secondary N) is 1. The van der Waals surface area contributed by atoms with Crippen LogP contribution in [0.5, 0.6) is 5.75 Å². The normalized spacial score (nSPS) is 11.6. The summed E-state index contributed by atoms with van der Waals surface area (Å²) in [6.07, 6.45) is 0. The van der Waals surface area contributed by atoms with Crippen molar-refractivity contribution in [2.24, 2.45) is 0 Å². The van der Waals surface area contributed by atoms with E-state index in [4.69, 9.17) is 10.5 Å². The van der Waals surface area contributed by atoms with Crippen molar-refractivity contribution in [1.82, 2.24) is 0 Å². The number of anilines is 4. The van der Waals surface area contributed by atoms with Gasteiger partial charge in [0.05, 0.1) is 29.1 Å². The van der Waals surface area contributed by atoms with Gasteiger partial charge in [0.2, 0.25) is 0 Å². The standard InChI is InChI=1S/C15H17N3OS.ClH/c1-18(2)9-4-6-11-13(8-9)20-15-12(17-11)7-5-10(16)14(15)19-3;/h4-8,17H,16H2,1-3H3;1H. The Hall–Kier alpha value is -1.72. The fourth-order valence-electron chi connectivity index (χ4n) is 2.22. The van der Waals surface area contributed by atoms with Crippen molar-refractivity contribution < 1.29 is 4.74 Å². The first-order valence-corrected chi connectivity index (χ1v) is 7.14. The largest absolute Gasteiger partial charge is 0.493 e. The predicted molar refractivity (Wildman–Crippen MR) is 92.8 cm³/mol. The predicted octanol–water partition coefficient (Wildman–Crippen LogP) is 3.97. The first-order chi connectivity index (χ1) is 9.60. The molecule has 0 unspecified atom stereocenters. The van der Waals surface area contributed by atoms with Crippen molar-refractivity contribution in [2.45, 2.75) is 9.79 Å². The Kier molecular flexibility index (Phi) is 4.44. The van der Waals surface area contributed by atoms with E-state index in [9.17, 15) is 0 Å². The summed E-state index contributed by atoms with van der Waals surface area (Å²) in [6.45, 7) is 0. The Bertz CT molecular complexity index is 676. The van der Waals surface area contributed by atoms with Crippen LogP contribution >= 0.6 is 24.2 Å². The van der Waals surface area contributed by atoms with E-state index in [1.165, 1.54) is 10.6 Å². The highest BCUT2D eigenvalue weighted by atomic mass is 35.5. The van der Waals surface area contributed by atoms with Crippen molar-refractivity contribution >= 4 is 46.9 Å². The Morgan fingerprint density at radius 1 is 1.14 bits per heavy atom. The molecule has 1 aliphatic rings. The SMILES string of the molecule is COc1c(N)ccc2c1Sc1cc(N(C)C)ccc1N2.Cl. The lowest BCUT2D eigenvalue weighted by Gasteiger charge is -2.24. The molecule has 1 aliphatic heterocycles. The minimum atomic E-state index is 0. The van der Waals surface area contributed by atoms with Crippen LogP contribution in [0.4, 0.5) is 22.7 Å². The van der Waals surface area contributed by atoms with Crippen molar-refractivity contribution in [3.8, 4) is 5.75 Å². The number of nitrogen functional groups attached to an aromatic ring is 1. The van der Waals surface area contributed by atoms with E-state index in [1.807, 2.05) is 26.2 Å². The summed E-state index contributed by atoms with van der Waals surface area (Å²) in [5, 5.41) is 3.43. The monoisotopic (exact) mass is 323 g/mol. The summed E-state index contributed by atoms with van der Waals surface area (Å²) >= 11 is 1.69. The second-order valence-electron chi connectivity index (χ2n) is 4.87. The number of halogens is 1. The van der Waals surface area contributed by atoms with Gasteiger partial charge < -0.3 is 20.7 Å². The molecule has 0 saturated carbocycles. The lowest BCUT2D eigenvalue weighted by atomic mass is 10.2. The van der Waals surface area contributed by atoms with Crippen LogP contribution in [0, 0.1) is 0 Å². The molecule has 2 aromatic carbocycles. The Labute approximate surface area is 135 Å². The minimum Gasteiger partial charge on any atom is -0.493 e. The molecule has 0 saturated heterocycles. The molecule has 4 nitrogen and oxygen atoms in total. The minimum absolute atomic E-state index is 0. The lowest BCUT2D eigenvalue weighted by molar-refractivity contribution is 0.407. The molecular formula is C15H18ClN3OS. The van der Waals surface area contributed by atoms with Crippen LogP contribution in [-0.2, 0) is 0 Å². The van der Waals surface area contributed by atoms with Crippen LogP contribution < -0.4 is 20.7 Å². The van der Waals surface area contributed by atoms with E-state index in [2.05, 4.69) is 28.4 Å². The number of benzene rings is 2. The third-order valence-electron chi connectivity index (χ3n) is 3.31. The first-order valence-electron chi connectivity index (χ1n) is 6.33. The summed E-state index contributed by atoms with van der Waals surface area (Å²) in [5.41, 5.74) is 9.95. The number of nitrogens with two attached hydrogens (primary N) is 1. The summed E-state index contributed by atoms with van der Waals surface area (Å²) < 4.78 is 5.44. The van der Waals surface area contributed by atoms with Gasteiger partial charge in [-0.15, -0.1) is 12.4 Å². The maximum atomic E-state index is 5.98. The average molecular weight is 324 g/mol. The highest BCUT2D eigenvalue weighted by molar-refractivity contribution is 7.99. The third-order valence-corrected chi connectivity index (χ3v) is 4.48. The van der Waals surface area contributed by atoms with Crippen LogP contribution in [0.15, 0.2) is 40.1 Å². The van der Waals surface area contributed by atoms with Crippen LogP contribution in [0.2, 0.25) is 0 Å². The van der Waals surface area contributed by atoms with Crippen molar-refractivity contribution in [2.75, 3.05) is 37.2 Å².